The summed E-state index contributed by atoms with van der Waals surface area (Å²) in [5.41, 5.74) is 0.976. The normalized spacial score (nSPS) is 13.4. The Balaban J connectivity index is 1.96. The molecule has 122 valence electrons. The summed E-state index contributed by atoms with van der Waals surface area (Å²) in [4.78, 5) is 12.0. The summed E-state index contributed by atoms with van der Waals surface area (Å²) >= 11 is 5.77. The van der Waals surface area contributed by atoms with Crippen molar-refractivity contribution in [2.75, 3.05) is 0 Å². The summed E-state index contributed by atoms with van der Waals surface area (Å²) in [6.07, 6.45) is -1.01. The third-order valence-electron chi connectivity index (χ3n) is 3.43. The number of rotatable bonds is 5. The van der Waals surface area contributed by atoms with E-state index in [1.54, 1.807) is 31.2 Å². The summed E-state index contributed by atoms with van der Waals surface area (Å²) in [7, 11) is 0. The second-order valence-corrected chi connectivity index (χ2v) is 5.71. The Morgan fingerprint density at radius 2 is 1.83 bits per heavy atom. The van der Waals surface area contributed by atoms with Gasteiger partial charge >= 0.3 is 0 Å². The van der Waals surface area contributed by atoms with Crippen LogP contribution in [0.25, 0.3) is 0 Å². The molecule has 0 aliphatic carbocycles. The minimum Gasteiger partial charge on any atom is -0.386 e. The van der Waals surface area contributed by atoms with Crippen LogP contribution in [0.5, 0.6) is 0 Å². The molecule has 2 rings (SSSR count). The number of aliphatic hydroxyl groups excluding tert-OH is 1. The van der Waals surface area contributed by atoms with E-state index < -0.39 is 23.8 Å². The number of benzene rings is 2. The molecule has 0 fully saturated rings. The monoisotopic (exact) mass is 339 g/mol. The molecule has 0 radical (unpaired) electrons. The number of hydrogen-bond donors (Lipinski definition) is 2. The van der Waals surface area contributed by atoms with Gasteiger partial charge in [0, 0.05) is 5.02 Å². The van der Waals surface area contributed by atoms with Crippen molar-refractivity contribution in [2.24, 2.45) is 0 Å². The van der Waals surface area contributed by atoms with E-state index in [-0.39, 0.29) is 17.9 Å². The Morgan fingerprint density at radius 1 is 1.17 bits per heavy atom. The first-order chi connectivity index (χ1) is 10.9. The highest BCUT2D eigenvalue weighted by molar-refractivity contribution is 6.30. The molecule has 0 aliphatic heterocycles. The third kappa shape index (κ3) is 4.74. The van der Waals surface area contributed by atoms with E-state index >= 15 is 0 Å². The number of carbonyl (C=O) groups is 1. The van der Waals surface area contributed by atoms with E-state index in [2.05, 4.69) is 5.32 Å². The van der Waals surface area contributed by atoms with Gasteiger partial charge in [0.15, 0.2) is 11.6 Å². The second kappa shape index (κ2) is 7.53. The molecule has 3 nitrogen and oxygen atoms in total. The molecule has 0 aromatic heterocycles. The molecule has 1 amide bonds. The second-order valence-electron chi connectivity index (χ2n) is 5.28. The number of halogens is 3. The van der Waals surface area contributed by atoms with E-state index in [0.717, 1.165) is 17.7 Å². The molecule has 2 aromatic carbocycles. The maximum atomic E-state index is 13.2. The quantitative estimate of drug-likeness (QED) is 0.877. The summed E-state index contributed by atoms with van der Waals surface area (Å²) in [5, 5.41) is 13.4. The number of amides is 1. The smallest absolute Gasteiger partial charge is 0.224 e. The van der Waals surface area contributed by atoms with Crippen molar-refractivity contribution in [3.8, 4) is 0 Å². The van der Waals surface area contributed by atoms with E-state index in [9.17, 15) is 18.7 Å². The van der Waals surface area contributed by atoms with E-state index in [1.807, 2.05) is 0 Å². The molecule has 0 heterocycles. The molecule has 0 spiro atoms. The number of aliphatic hydroxyl groups is 1. The number of carbonyl (C=O) groups excluding carboxylic acids is 1. The molecule has 2 atom stereocenters. The predicted molar refractivity (Wildman–Crippen MR) is 84.1 cm³/mol. The Bertz CT molecular complexity index is 691. The molecule has 0 saturated carbocycles. The van der Waals surface area contributed by atoms with Crippen LogP contribution in [0.2, 0.25) is 5.02 Å². The zero-order valence-electron chi connectivity index (χ0n) is 12.4. The highest BCUT2D eigenvalue weighted by Gasteiger charge is 2.19. The van der Waals surface area contributed by atoms with Crippen molar-refractivity contribution in [1.29, 1.82) is 0 Å². The Hall–Kier alpha value is -1.98. The molecule has 6 heteroatoms. The van der Waals surface area contributed by atoms with Gasteiger partial charge in [-0.2, -0.15) is 0 Å². The molecule has 0 bridgehead atoms. The van der Waals surface area contributed by atoms with Crippen LogP contribution in [0.4, 0.5) is 8.78 Å². The van der Waals surface area contributed by atoms with E-state index in [1.165, 1.54) is 6.07 Å². The third-order valence-corrected chi connectivity index (χ3v) is 3.68. The van der Waals surface area contributed by atoms with Gasteiger partial charge in [0.1, 0.15) is 0 Å². The topological polar surface area (TPSA) is 49.3 Å². The summed E-state index contributed by atoms with van der Waals surface area (Å²) in [6, 6.07) is 9.33. The first-order valence-electron chi connectivity index (χ1n) is 7.03. The van der Waals surface area contributed by atoms with Gasteiger partial charge < -0.3 is 10.4 Å². The van der Waals surface area contributed by atoms with Crippen molar-refractivity contribution in [2.45, 2.75) is 25.5 Å². The lowest BCUT2D eigenvalue weighted by Crippen LogP contribution is -2.38. The maximum absolute atomic E-state index is 13.2. The lowest BCUT2D eigenvalue weighted by atomic mass is 10.0. The number of hydrogen-bond acceptors (Lipinski definition) is 2. The summed E-state index contributed by atoms with van der Waals surface area (Å²) in [5.74, 6) is -2.32. The van der Waals surface area contributed by atoms with Crippen LogP contribution in [0.15, 0.2) is 42.5 Å². The molecule has 23 heavy (non-hydrogen) atoms. The molecule has 2 N–H and O–H groups in total. The Labute approximate surface area is 137 Å². The molecule has 0 saturated heterocycles. The van der Waals surface area contributed by atoms with E-state index in [0.29, 0.717) is 5.02 Å². The van der Waals surface area contributed by atoms with Gasteiger partial charge in [-0.3, -0.25) is 4.79 Å². The zero-order valence-corrected chi connectivity index (χ0v) is 13.1. The fourth-order valence-electron chi connectivity index (χ4n) is 2.16. The fourth-order valence-corrected chi connectivity index (χ4v) is 2.28. The first-order valence-corrected chi connectivity index (χ1v) is 7.41. The molecule has 0 aliphatic rings. The highest BCUT2D eigenvalue weighted by Crippen LogP contribution is 2.19. The van der Waals surface area contributed by atoms with Crippen molar-refractivity contribution in [1.82, 2.24) is 5.32 Å². The lowest BCUT2D eigenvalue weighted by molar-refractivity contribution is -0.121. The van der Waals surface area contributed by atoms with Crippen molar-refractivity contribution < 1.29 is 18.7 Å². The SMILES string of the molecule is CC(NC(=O)Cc1ccc(Cl)cc1)C(O)c1ccc(F)c(F)c1. The van der Waals surface area contributed by atoms with Gasteiger partial charge in [0.2, 0.25) is 5.91 Å². The van der Waals surface area contributed by atoms with Crippen LogP contribution < -0.4 is 5.32 Å². The van der Waals surface area contributed by atoms with Gasteiger partial charge in [0.05, 0.1) is 18.6 Å². The lowest BCUT2D eigenvalue weighted by Gasteiger charge is -2.21. The average molecular weight is 340 g/mol. The highest BCUT2D eigenvalue weighted by atomic mass is 35.5. The summed E-state index contributed by atoms with van der Waals surface area (Å²) < 4.78 is 26.1. The van der Waals surface area contributed by atoms with Gasteiger partial charge in [-0.25, -0.2) is 8.78 Å². The van der Waals surface area contributed by atoms with Gasteiger partial charge in [-0.1, -0.05) is 29.8 Å². The van der Waals surface area contributed by atoms with Crippen LogP contribution in [-0.2, 0) is 11.2 Å². The molecular weight excluding hydrogens is 324 g/mol. The average Bonchev–Trinajstić information content (AvgIpc) is 2.51. The predicted octanol–water partition coefficient (Wildman–Crippen LogP) is 3.40. The zero-order chi connectivity index (χ0) is 17.0. The van der Waals surface area contributed by atoms with E-state index in [4.69, 9.17) is 11.6 Å². The maximum Gasteiger partial charge on any atom is 0.224 e. The Kier molecular flexibility index (Phi) is 5.69. The first kappa shape index (κ1) is 17.4. The fraction of sp³-hybridized carbons (Fsp3) is 0.235. The van der Waals surface area contributed by atoms with Gasteiger partial charge in [-0.05, 0) is 42.3 Å². The molecular formula is C17H16ClF2NO2. The van der Waals surface area contributed by atoms with Crippen LogP contribution in [0.1, 0.15) is 24.2 Å². The minimum absolute atomic E-state index is 0.131. The van der Waals surface area contributed by atoms with Crippen molar-refractivity contribution >= 4 is 17.5 Å². The standard InChI is InChI=1S/C17H16ClF2NO2/c1-10(17(23)12-4-7-14(19)15(20)9-12)21-16(22)8-11-2-5-13(18)6-3-11/h2-7,9-10,17,23H,8H2,1H3,(H,21,22). The van der Waals surface area contributed by atoms with Gasteiger partial charge in [0.25, 0.3) is 0 Å². The van der Waals surface area contributed by atoms with Gasteiger partial charge in [-0.15, -0.1) is 0 Å². The number of nitrogens with one attached hydrogen (secondary N) is 1. The van der Waals surface area contributed by atoms with Crippen LogP contribution >= 0.6 is 11.6 Å². The van der Waals surface area contributed by atoms with Crippen molar-refractivity contribution in [3.63, 3.8) is 0 Å². The largest absolute Gasteiger partial charge is 0.386 e. The minimum atomic E-state index is -1.14. The van der Waals surface area contributed by atoms with Crippen LogP contribution in [0, 0.1) is 11.6 Å². The van der Waals surface area contributed by atoms with Crippen molar-refractivity contribution in [3.05, 3.63) is 70.2 Å². The van der Waals surface area contributed by atoms with Crippen LogP contribution in [-0.4, -0.2) is 17.1 Å². The molecule has 2 unspecified atom stereocenters. The summed E-state index contributed by atoms with van der Waals surface area (Å²) in [6.45, 7) is 1.59. The molecule has 2 aromatic rings. The van der Waals surface area contributed by atoms with Crippen LogP contribution in [0.3, 0.4) is 0 Å². The Morgan fingerprint density at radius 3 is 2.43 bits per heavy atom.